The summed E-state index contributed by atoms with van der Waals surface area (Å²) in [5.41, 5.74) is -0.336. The molecule has 0 aromatic carbocycles. The Morgan fingerprint density at radius 1 is 1.26 bits per heavy atom. The molecule has 5 rings (SSSR count). The van der Waals surface area contributed by atoms with Gasteiger partial charge < -0.3 is 13.7 Å². The van der Waals surface area contributed by atoms with Gasteiger partial charge in [0, 0.05) is 24.0 Å². The van der Waals surface area contributed by atoms with Crippen LogP contribution >= 0.6 is 0 Å². The zero-order valence-electron chi connectivity index (χ0n) is 10.3. The van der Waals surface area contributed by atoms with Crippen molar-refractivity contribution in [3.8, 4) is 0 Å². The van der Waals surface area contributed by atoms with Crippen LogP contribution in [0.5, 0.6) is 0 Å². The van der Waals surface area contributed by atoms with Crippen molar-refractivity contribution < 1.29 is 4.52 Å². The third-order valence-corrected chi connectivity index (χ3v) is 4.40. The summed E-state index contributed by atoms with van der Waals surface area (Å²) in [6, 6.07) is 1.68. The number of nitrogens with zero attached hydrogens (tertiary/aromatic N) is 3. The Morgan fingerprint density at radius 3 is 2.63 bits per heavy atom. The molecule has 0 aliphatic heterocycles. The van der Waals surface area contributed by atoms with Gasteiger partial charge in [-0.1, -0.05) is 5.16 Å². The largest absolute Gasteiger partial charge is 0.364 e. The third kappa shape index (κ3) is 1.39. The summed E-state index contributed by atoms with van der Waals surface area (Å²) in [4.78, 5) is 24.3. The Kier molecular flexibility index (Phi) is 1.97. The summed E-state index contributed by atoms with van der Waals surface area (Å²) in [6.07, 6.45) is 7.97. The molecule has 3 fully saturated rings. The standard InChI is InChI=1S/C13H13N3O3/c17-11-12(18)16(13-5-9(6-13)7-13)3-2-15(11)8-10-1-4-19-14-10/h1-4,9H,5-8H2. The first kappa shape index (κ1) is 10.8. The van der Waals surface area contributed by atoms with Crippen LogP contribution in [0.4, 0.5) is 0 Å². The lowest BCUT2D eigenvalue weighted by Gasteiger charge is -2.62. The predicted molar refractivity (Wildman–Crippen MR) is 65.9 cm³/mol. The van der Waals surface area contributed by atoms with E-state index in [0.29, 0.717) is 5.69 Å². The van der Waals surface area contributed by atoms with E-state index in [2.05, 4.69) is 5.16 Å². The molecule has 3 aliphatic carbocycles. The van der Waals surface area contributed by atoms with Crippen molar-refractivity contribution in [2.45, 2.75) is 31.3 Å². The summed E-state index contributed by atoms with van der Waals surface area (Å²) in [7, 11) is 0. The van der Waals surface area contributed by atoms with Crippen LogP contribution in [0, 0.1) is 5.92 Å². The summed E-state index contributed by atoms with van der Waals surface area (Å²) >= 11 is 0. The van der Waals surface area contributed by atoms with Gasteiger partial charge >= 0.3 is 11.1 Å². The SMILES string of the molecule is O=c1c(=O)n(C23CC(C2)C3)ccn1Cc1ccon1. The van der Waals surface area contributed by atoms with Crippen molar-refractivity contribution in [2.75, 3.05) is 0 Å². The summed E-state index contributed by atoms with van der Waals surface area (Å²) in [5, 5.41) is 3.75. The topological polar surface area (TPSA) is 70.0 Å². The maximum atomic E-state index is 12.2. The van der Waals surface area contributed by atoms with Crippen LogP contribution in [0.15, 0.2) is 38.8 Å². The van der Waals surface area contributed by atoms with Crippen LogP contribution in [-0.4, -0.2) is 14.3 Å². The van der Waals surface area contributed by atoms with Crippen molar-refractivity contribution >= 4 is 0 Å². The molecular formula is C13H13N3O3. The molecule has 0 N–H and O–H groups in total. The fraction of sp³-hybridized carbons (Fsp3) is 0.462. The molecule has 0 unspecified atom stereocenters. The van der Waals surface area contributed by atoms with Gasteiger partial charge in [-0.15, -0.1) is 0 Å². The van der Waals surface area contributed by atoms with Gasteiger partial charge in [0.05, 0.1) is 6.54 Å². The molecule has 3 saturated carbocycles. The van der Waals surface area contributed by atoms with E-state index in [1.54, 1.807) is 23.0 Å². The molecule has 0 atom stereocenters. The lowest BCUT2D eigenvalue weighted by Crippen LogP contribution is -2.64. The highest BCUT2D eigenvalue weighted by atomic mass is 16.5. The van der Waals surface area contributed by atoms with E-state index in [0.717, 1.165) is 25.2 Å². The average molecular weight is 259 g/mol. The first-order valence-corrected chi connectivity index (χ1v) is 6.40. The minimum Gasteiger partial charge on any atom is -0.364 e. The molecule has 3 aliphatic rings. The molecule has 0 spiro atoms. The Balaban J connectivity index is 1.73. The summed E-state index contributed by atoms with van der Waals surface area (Å²) < 4.78 is 7.73. The zero-order valence-corrected chi connectivity index (χ0v) is 10.3. The Labute approximate surface area is 108 Å². The van der Waals surface area contributed by atoms with Gasteiger partial charge in [0.25, 0.3) is 0 Å². The minimum absolute atomic E-state index is 0.0477. The molecule has 2 heterocycles. The second-order valence-electron chi connectivity index (χ2n) is 5.60. The van der Waals surface area contributed by atoms with Crippen molar-refractivity contribution in [2.24, 2.45) is 5.92 Å². The van der Waals surface area contributed by atoms with Crippen molar-refractivity contribution in [3.63, 3.8) is 0 Å². The average Bonchev–Trinajstić information content (AvgIpc) is 2.77. The third-order valence-electron chi connectivity index (χ3n) is 4.40. The van der Waals surface area contributed by atoms with Crippen molar-refractivity contribution in [3.05, 3.63) is 51.1 Å². The number of aromatic nitrogens is 3. The molecule has 6 heteroatoms. The van der Waals surface area contributed by atoms with Crippen LogP contribution in [0.1, 0.15) is 25.0 Å². The normalized spacial score (nSPS) is 27.7. The highest BCUT2D eigenvalue weighted by Gasteiger charge is 2.58. The van der Waals surface area contributed by atoms with E-state index < -0.39 is 11.1 Å². The molecular weight excluding hydrogens is 246 g/mol. The van der Waals surface area contributed by atoms with E-state index in [4.69, 9.17) is 4.52 Å². The highest BCUT2D eigenvalue weighted by molar-refractivity contribution is 5.13. The molecule has 2 aromatic rings. The second kappa shape index (κ2) is 3.46. The maximum absolute atomic E-state index is 12.2. The molecule has 2 aromatic heterocycles. The van der Waals surface area contributed by atoms with Gasteiger partial charge in [-0.25, -0.2) is 0 Å². The van der Waals surface area contributed by atoms with Gasteiger partial charge in [0.2, 0.25) is 0 Å². The molecule has 2 bridgehead atoms. The minimum atomic E-state index is -0.491. The van der Waals surface area contributed by atoms with E-state index in [1.165, 1.54) is 10.8 Å². The zero-order chi connectivity index (χ0) is 13.0. The molecule has 0 amide bonds. The van der Waals surface area contributed by atoms with E-state index in [9.17, 15) is 9.59 Å². The molecule has 6 nitrogen and oxygen atoms in total. The first-order valence-electron chi connectivity index (χ1n) is 6.40. The van der Waals surface area contributed by atoms with Gasteiger partial charge in [-0.05, 0) is 25.2 Å². The second-order valence-corrected chi connectivity index (χ2v) is 5.60. The highest BCUT2D eigenvalue weighted by Crippen LogP contribution is 2.61. The first-order chi connectivity index (χ1) is 9.18. The van der Waals surface area contributed by atoms with Crippen LogP contribution < -0.4 is 11.1 Å². The summed E-state index contributed by atoms with van der Waals surface area (Å²) in [6.45, 7) is 0.265. The van der Waals surface area contributed by atoms with Crippen LogP contribution in [0.25, 0.3) is 0 Å². The maximum Gasteiger partial charge on any atom is 0.316 e. The summed E-state index contributed by atoms with van der Waals surface area (Å²) in [5.74, 6) is 0.768. The van der Waals surface area contributed by atoms with Gasteiger partial charge in [0.15, 0.2) is 0 Å². The molecule has 0 saturated heterocycles. The molecule has 19 heavy (non-hydrogen) atoms. The van der Waals surface area contributed by atoms with Crippen LogP contribution in [-0.2, 0) is 12.1 Å². The van der Waals surface area contributed by atoms with Crippen LogP contribution in [0.3, 0.4) is 0 Å². The number of hydrogen-bond donors (Lipinski definition) is 0. The van der Waals surface area contributed by atoms with E-state index >= 15 is 0 Å². The molecule has 0 radical (unpaired) electrons. The van der Waals surface area contributed by atoms with Gasteiger partial charge in [-0.2, -0.15) is 0 Å². The van der Waals surface area contributed by atoms with Crippen LogP contribution in [0.2, 0.25) is 0 Å². The van der Waals surface area contributed by atoms with Crippen molar-refractivity contribution in [1.29, 1.82) is 0 Å². The number of rotatable bonds is 3. The smallest absolute Gasteiger partial charge is 0.316 e. The van der Waals surface area contributed by atoms with E-state index in [1.807, 2.05) is 0 Å². The Hall–Kier alpha value is -2.11. The Morgan fingerprint density at radius 2 is 2.05 bits per heavy atom. The van der Waals surface area contributed by atoms with Crippen molar-refractivity contribution in [1.82, 2.24) is 14.3 Å². The number of hydrogen-bond acceptors (Lipinski definition) is 4. The quantitative estimate of drug-likeness (QED) is 0.755. The Bertz CT molecular complexity index is 724. The fourth-order valence-corrected chi connectivity index (χ4v) is 3.23. The lowest BCUT2D eigenvalue weighted by atomic mass is 9.49. The molecule has 98 valence electrons. The monoisotopic (exact) mass is 259 g/mol. The van der Waals surface area contributed by atoms with Gasteiger partial charge in [0.1, 0.15) is 12.0 Å². The fourth-order valence-electron chi connectivity index (χ4n) is 3.23. The van der Waals surface area contributed by atoms with Gasteiger partial charge in [-0.3, -0.25) is 9.59 Å². The lowest BCUT2D eigenvalue weighted by molar-refractivity contribution is -0.0919. The predicted octanol–water partition coefficient (Wildman–Crippen LogP) is 0.555. The van der Waals surface area contributed by atoms with E-state index in [-0.39, 0.29) is 12.1 Å².